The summed E-state index contributed by atoms with van der Waals surface area (Å²) in [6.45, 7) is 2.23. The highest BCUT2D eigenvalue weighted by molar-refractivity contribution is 14.0. The van der Waals surface area contributed by atoms with Gasteiger partial charge in [-0.1, -0.05) is 43.7 Å². The topological polar surface area (TPSA) is 35.0 Å². The molecule has 0 aliphatic rings. The smallest absolute Gasteiger partial charge is 0.0279 e. The molecule has 0 aliphatic heterocycles. The van der Waals surface area contributed by atoms with Crippen LogP contribution in [0.2, 0.25) is 0 Å². The second-order valence-electron chi connectivity index (χ2n) is 2.59. The first-order valence-electron chi connectivity index (χ1n) is 3.97. The van der Waals surface area contributed by atoms with Gasteiger partial charge in [-0.15, -0.1) is 24.0 Å². The number of benzene rings is 1. The van der Waals surface area contributed by atoms with Gasteiger partial charge in [0, 0.05) is 0 Å². The van der Waals surface area contributed by atoms with E-state index >= 15 is 0 Å². The molecular formula is C10H18IN. The van der Waals surface area contributed by atoms with Crippen molar-refractivity contribution in [2.45, 2.75) is 26.2 Å². The minimum Gasteiger partial charge on any atom is -0.344 e. The van der Waals surface area contributed by atoms with Gasteiger partial charge >= 0.3 is 0 Å². The van der Waals surface area contributed by atoms with Crippen molar-refractivity contribution in [3.63, 3.8) is 0 Å². The molecule has 0 bridgehead atoms. The lowest BCUT2D eigenvalue weighted by molar-refractivity contribution is 0.795. The molecule has 1 nitrogen and oxygen atoms in total. The zero-order valence-corrected chi connectivity index (χ0v) is 9.95. The van der Waals surface area contributed by atoms with E-state index < -0.39 is 0 Å². The minimum atomic E-state index is 0. The summed E-state index contributed by atoms with van der Waals surface area (Å²) in [5.41, 5.74) is 1.46. The van der Waals surface area contributed by atoms with Gasteiger partial charge in [0.15, 0.2) is 0 Å². The van der Waals surface area contributed by atoms with Gasteiger partial charge in [0.1, 0.15) is 0 Å². The Morgan fingerprint density at radius 2 is 1.67 bits per heavy atom. The molecule has 0 amide bonds. The Kier molecular flexibility index (Phi) is 10.8. The Labute approximate surface area is 92.2 Å². The largest absolute Gasteiger partial charge is 0.344 e. The number of rotatable bonds is 3. The number of hydrogen-bond donors (Lipinski definition) is 1. The van der Waals surface area contributed by atoms with Crippen LogP contribution in [0.25, 0.3) is 0 Å². The van der Waals surface area contributed by atoms with Crippen LogP contribution in [-0.2, 0) is 6.42 Å². The second kappa shape index (κ2) is 9.00. The molecule has 0 unspecified atom stereocenters. The van der Waals surface area contributed by atoms with Crippen LogP contribution in [0.5, 0.6) is 0 Å². The average molecular weight is 279 g/mol. The fraction of sp³-hybridized carbons (Fsp3) is 0.400. The van der Waals surface area contributed by atoms with Crippen molar-refractivity contribution in [1.29, 1.82) is 0 Å². The predicted molar refractivity (Wildman–Crippen MR) is 65.5 cm³/mol. The van der Waals surface area contributed by atoms with Gasteiger partial charge in [-0.05, 0) is 18.4 Å². The number of unbranched alkanes of at least 4 members (excludes halogenated alkanes) is 1. The first kappa shape index (κ1) is 14.4. The summed E-state index contributed by atoms with van der Waals surface area (Å²) in [7, 11) is 0. The lowest BCUT2D eigenvalue weighted by atomic mass is 10.1. The summed E-state index contributed by atoms with van der Waals surface area (Å²) in [6.07, 6.45) is 3.83. The van der Waals surface area contributed by atoms with Crippen LogP contribution in [0.4, 0.5) is 0 Å². The Bertz CT molecular complexity index is 174. The summed E-state index contributed by atoms with van der Waals surface area (Å²) in [5.74, 6) is 0. The van der Waals surface area contributed by atoms with E-state index in [1.807, 2.05) is 0 Å². The Morgan fingerprint density at radius 3 is 2.17 bits per heavy atom. The minimum absolute atomic E-state index is 0. The SMILES string of the molecule is CCCCc1ccccc1.I.N. The van der Waals surface area contributed by atoms with E-state index in [0.717, 1.165) is 0 Å². The van der Waals surface area contributed by atoms with Gasteiger partial charge in [-0.2, -0.15) is 0 Å². The molecule has 0 saturated heterocycles. The van der Waals surface area contributed by atoms with Crippen LogP contribution < -0.4 is 6.15 Å². The van der Waals surface area contributed by atoms with E-state index in [4.69, 9.17) is 0 Å². The van der Waals surface area contributed by atoms with Gasteiger partial charge in [0.05, 0.1) is 0 Å². The van der Waals surface area contributed by atoms with Crippen molar-refractivity contribution < 1.29 is 0 Å². The fourth-order valence-electron chi connectivity index (χ4n) is 1.03. The average Bonchev–Trinajstić information content (AvgIpc) is 2.03. The summed E-state index contributed by atoms with van der Waals surface area (Å²) in [5, 5.41) is 0. The molecule has 3 N–H and O–H groups in total. The first-order chi connectivity index (χ1) is 4.93. The fourth-order valence-corrected chi connectivity index (χ4v) is 1.03. The van der Waals surface area contributed by atoms with Gasteiger partial charge in [0.25, 0.3) is 0 Å². The highest BCUT2D eigenvalue weighted by Gasteiger charge is 1.87. The molecule has 0 spiro atoms. The van der Waals surface area contributed by atoms with E-state index in [1.165, 1.54) is 24.8 Å². The summed E-state index contributed by atoms with van der Waals surface area (Å²) in [4.78, 5) is 0. The van der Waals surface area contributed by atoms with Crippen molar-refractivity contribution >= 4 is 24.0 Å². The normalized spacial score (nSPS) is 8.08. The zero-order valence-electron chi connectivity index (χ0n) is 7.62. The monoisotopic (exact) mass is 279 g/mol. The van der Waals surface area contributed by atoms with Gasteiger partial charge < -0.3 is 6.15 Å². The van der Waals surface area contributed by atoms with Crippen LogP contribution in [0.1, 0.15) is 25.3 Å². The molecule has 0 heterocycles. The summed E-state index contributed by atoms with van der Waals surface area (Å²) < 4.78 is 0. The standard InChI is InChI=1S/C10H14.HI.H3N/c1-2-3-7-10-8-5-4-6-9-10;;/h4-6,8-9H,2-3,7H2,1H3;1H;1H3. The third kappa shape index (κ3) is 5.55. The maximum absolute atomic E-state index is 2.23. The van der Waals surface area contributed by atoms with E-state index in [1.54, 1.807) is 0 Å². The van der Waals surface area contributed by atoms with Gasteiger partial charge in [-0.25, -0.2) is 0 Å². The molecule has 0 aliphatic carbocycles. The second-order valence-corrected chi connectivity index (χ2v) is 2.59. The number of halogens is 1. The van der Waals surface area contributed by atoms with Crippen LogP contribution in [-0.4, -0.2) is 0 Å². The van der Waals surface area contributed by atoms with Crippen molar-refractivity contribution in [3.8, 4) is 0 Å². The van der Waals surface area contributed by atoms with Crippen LogP contribution >= 0.6 is 24.0 Å². The maximum atomic E-state index is 2.23. The quantitative estimate of drug-likeness (QED) is 0.839. The summed E-state index contributed by atoms with van der Waals surface area (Å²) in [6, 6.07) is 10.6. The molecule has 70 valence electrons. The van der Waals surface area contributed by atoms with E-state index in [9.17, 15) is 0 Å². The summed E-state index contributed by atoms with van der Waals surface area (Å²) >= 11 is 0. The molecular weight excluding hydrogens is 261 g/mol. The molecule has 0 radical (unpaired) electrons. The van der Waals surface area contributed by atoms with Crippen molar-refractivity contribution in [1.82, 2.24) is 6.15 Å². The Morgan fingerprint density at radius 1 is 1.08 bits per heavy atom. The molecule has 1 aromatic rings. The van der Waals surface area contributed by atoms with Gasteiger partial charge in [-0.3, -0.25) is 0 Å². The molecule has 12 heavy (non-hydrogen) atoms. The highest BCUT2D eigenvalue weighted by atomic mass is 127. The predicted octanol–water partition coefficient (Wildman–Crippen LogP) is 3.81. The van der Waals surface area contributed by atoms with Crippen LogP contribution in [0, 0.1) is 0 Å². The highest BCUT2D eigenvalue weighted by Crippen LogP contribution is 2.03. The molecule has 0 atom stereocenters. The number of hydrogen-bond acceptors (Lipinski definition) is 1. The third-order valence-electron chi connectivity index (χ3n) is 1.66. The molecule has 0 aromatic heterocycles. The molecule has 0 fully saturated rings. The maximum Gasteiger partial charge on any atom is -0.0279 e. The lowest BCUT2D eigenvalue weighted by Gasteiger charge is -1.96. The molecule has 1 aromatic carbocycles. The van der Waals surface area contributed by atoms with Crippen molar-refractivity contribution in [3.05, 3.63) is 35.9 Å². The first-order valence-corrected chi connectivity index (χ1v) is 3.97. The molecule has 0 saturated carbocycles. The van der Waals surface area contributed by atoms with Crippen molar-refractivity contribution in [2.24, 2.45) is 0 Å². The zero-order chi connectivity index (χ0) is 7.23. The third-order valence-corrected chi connectivity index (χ3v) is 1.66. The van der Waals surface area contributed by atoms with E-state index in [-0.39, 0.29) is 30.1 Å². The number of aryl methyl sites for hydroxylation is 1. The van der Waals surface area contributed by atoms with Crippen LogP contribution in [0.3, 0.4) is 0 Å². The van der Waals surface area contributed by atoms with E-state index in [2.05, 4.69) is 37.3 Å². The Hall–Kier alpha value is -0.0900. The lowest BCUT2D eigenvalue weighted by Crippen LogP contribution is -1.81. The molecule has 1 rings (SSSR count). The molecule has 2 heteroatoms. The van der Waals surface area contributed by atoms with Crippen LogP contribution in [0.15, 0.2) is 30.3 Å². The van der Waals surface area contributed by atoms with Crippen molar-refractivity contribution in [2.75, 3.05) is 0 Å². The van der Waals surface area contributed by atoms with Gasteiger partial charge in [0.2, 0.25) is 0 Å². The van der Waals surface area contributed by atoms with E-state index in [0.29, 0.717) is 0 Å². The Balaban J connectivity index is 0.